The molecular weight excluding hydrogens is 314 g/mol. The van der Waals surface area contributed by atoms with E-state index >= 15 is 0 Å². The summed E-state index contributed by atoms with van der Waals surface area (Å²) in [5, 5.41) is 2.41. The minimum Gasteiger partial charge on any atom is -0.328 e. The first kappa shape index (κ1) is 15.6. The molecule has 6 heteroatoms. The van der Waals surface area contributed by atoms with Crippen molar-refractivity contribution in [2.24, 2.45) is 0 Å². The lowest BCUT2D eigenvalue weighted by molar-refractivity contribution is 0.102. The Hall–Kier alpha value is -3.28. The van der Waals surface area contributed by atoms with Crippen LogP contribution >= 0.6 is 0 Å². The number of hydrogen-bond donors (Lipinski definition) is 2. The van der Waals surface area contributed by atoms with Crippen LogP contribution < -0.4 is 10.9 Å². The SMILES string of the molecule is O=C(Nc1ccc(F)c(F)c1)c1c(-c2ccccc2)cc[nH]c1=O. The first-order chi connectivity index (χ1) is 11.6. The molecule has 120 valence electrons. The van der Waals surface area contributed by atoms with Crippen LogP contribution in [0, 0.1) is 11.6 Å². The van der Waals surface area contributed by atoms with Gasteiger partial charge in [-0.2, -0.15) is 0 Å². The van der Waals surface area contributed by atoms with Crippen LogP contribution in [0.25, 0.3) is 11.1 Å². The summed E-state index contributed by atoms with van der Waals surface area (Å²) in [6.07, 6.45) is 1.44. The molecule has 0 aliphatic heterocycles. The van der Waals surface area contributed by atoms with Gasteiger partial charge in [-0.25, -0.2) is 8.78 Å². The zero-order valence-corrected chi connectivity index (χ0v) is 12.3. The van der Waals surface area contributed by atoms with Gasteiger partial charge in [-0.1, -0.05) is 30.3 Å². The van der Waals surface area contributed by atoms with E-state index in [1.54, 1.807) is 30.3 Å². The van der Waals surface area contributed by atoms with Crippen molar-refractivity contribution in [3.05, 3.63) is 88.3 Å². The van der Waals surface area contributed by atoms with Crippen molar-refractivity contribution in [1.82, 2.24) is 4.98 Å². The van der Waals surface area contributed by atoms with E-state index < -0.39 is 23.1 Å². The topological polar surface area (TPSA) is 62.0 Å². The molecule has 0 unspecified atom stereocenters. The summed E-state index contributed by atoms with van der Waals surface area (Å²) in [7, 11) is 0. The molecule has 1 aromatic heterocycles. The summed E-state index contributed by atoms with van der Waals surface area (Å²) in [4.78, 5) is 27.0. The monoisotopic (exact) mass is 326 g/mol. The molecule has 1 heterocycles. The van der Waals surface area contributed by atoms with Crippen molar-refractivity contribution in [3.8, 4) is 11.1 Å². The molecule has 1 amide bonds. The standard InChI is InChI=1S/C18H12F2N2O2/c19-14-7-6-12(10-15(14)20)22-18(24)16-13(8-9-21-17(16)23)11-4-2-1-3-5-11/h1-10H,(H,21,23)(H,22,24). The van der Waals surface area contributed by atoms with E-state index in [0.717, 1.165) is 12.1 Å². The number of rotatable bonds is 3. The first-order valence-corrected chi connectivity index (χ1v) is 7.10. The average molecular weight is 326 g/mol. The van der Waals surface area contributed by atoms with E-state index in [-0.39, 0.29) is 11.3 Å². The highest BCUT2D eigenvalue weighted by atomic mass is 19.2. The van der Waals surface area contributed by atoms with E-state index in [1.165, 1.54) is 12.3 Å². The Labute approximate surface area is 135 Å². The molecule has 3 rings (SSSR count). The molecule has 0 radical (unpaired) electrons. The van der Waals surface area contributed by atoms with Crippen LogP contribution in [0.1, 0.15) is 10.4 Å². The Balaban J connectivity index is 2.01. The van der Waals surface area contributed by atoms with Crippen molar-refractivity contribution in [1.29, 1.82) is 0 Å². The normalized spacial score (nSPS) is 10.4. The van der Waals surface area contributed by atoms with E-state index in [1.807, 2.05) is 6.07 Å². The Bertz CT molecular complexity index is 953. The summed E-state index contributed by atoms with van der Waals surface area (Å²) in [6, 6.07) is 13.5. The lowest BCUT2D eigenvalue weighted by Gasteiger charge is -2.10. The number of pyridine rings is 1. The van der Waals surface area contributed by atoms with Crippen LogP contribution in [0.2, 0.25) is 0 Å². The minimum atomic E-state index is -1.09. The molecule has 0 bridgehead atoms. The van der Waals surface area contributed by atoms with Gasteiger partial charge in [0.25, 0.3) is 11.5 Å². The highest BCUT2D eigenvalue weighted by Crippen LogP contribution is 2.22. The quantitative estimate of drug-likeness (QED) is 0.773. The zero-order valence-electron chi connectivity index (χ0n) is 12.3. The van der Waals surface area contributed by atoms with Gasteiger partial charge in [0, 0.05) is 23.5 Å². The van der Waals surface area contributed by atoms with Crippen LogP contribution in [0.3, 0.4) is 0 Å². The number of benzene rings is 2. The fourth-order valence-electron chi connectivity index (χ4n) is 2.33. The third-order valence-corrected chi connectivity index (χ3v) is 3.45. The largest absolute Gasteiger partial charge is 0.328 e. The van der Waals surface area contributed by atoms with Gasteiger partial charge in [0.2, 0.25) is 0 Å². The maximum absolute atomic E-state index is 13.3. The molecule has 3 aromatic rings. The minimum absolute atomic E-state index is 0.0566. The number of H-pyrrole nitrogens is 1. The molecule has 2 N–H and O–H groups in total. The lowest BCUT2D eigenvalue weighted by atomic mass is 10.0. The van der Waals surface area contributed by atoms with E-state index in [4.69, 9.17) is 0 Å². The van der Waals surface area contributed by atoms with Gasteiger partial charge in [-0.05, 0) is 23.8 Å². The second-order valence-corrected chi connectivity index (χ2v) is 5.04. The molecule has 0 saturated heterocycles. The number of nitrogens with one attached hydrogen (secondary N) is 2. The molecule has 4 nitrogen and oxygen atoms in total. The summed E-state index contributed by atoms with van der Waals surface area (Å²) in [5.74, 6) is -2.81. The Morgan fingerprint density at radius 3 is 2.42 bits per heavy atom. The van der Waals surface area contributed by atoms with Crippen molar-refractivity contribution in [3.63, 3.8) is 0 Å². The van der Waals surface area contributed by atoms with Gasteiger partial charge < -0.3 is 10.3 Å². The van der Waals surface area contributed by atoms with Crippen molar-refractivity contribution < 1.29 is 13.6 Å². The predicted molar refractivity (Wildman–Crippen MR) is 86.8 cm³/mol. The van der Waals surface area contributed by atoms with Gasteiger partial charge in [-0.15, -0.1) is 0 Å². The molecular formula is C18H12F2N2O2. The summed E-state index contributed by atoms with van der Waals surface area (Å²) in [5.41, 5.74) is 0.518. The number of hydrogen-bond acceptors (Lipinski definition) is 2. The van der Waals surface area contributed by atoms with Gasteiger partial charge in [0.15, 0.2) is 11.6 Å². The Kier molecular flexibility index (Phi) is 4.20. The van der Waals surface area contributed by atoms with E-state index in [2.05, 4.69) is 10.3 Å². The van der Waals surface area contributed by atoms with Crippen LogP contribution in [0.5, 0.6) is 0 Å². The fourth-order valence-corrected chi connectivity index (χ4v) is 2.33. The van der Waals surface area contributed by atoms with Crippen LogP contribution in [0.4, 0.5) is 14.5 Å². The van der Waals surface area contributed by atoms with Crippen LogP contribution in [0.15, 0.2) is 65.6 Å². The second-order valence-electron chi connectivity index (χ2n) is 5.04. The molecule has 0 atom stereocenters. The molecule has 0 spiro atoms. The number of aromatic nitrogens is 1. The summed E-state index contributed by atoms with van der Waals surface area (Å²) in [6.45, 7) is 0. The van der Waals surface area contributed by atoms with Crippen molar-refractivity contribution in [2.45, 2.75) is 0 Å². The van der Waals surface area contributed by atoms with Gasteiger partial charge >= 0.3 is 0 Å². The average Bonchev–Trinajstić information content (AvgIpc) is 2.58. The smallest absolute Gasteiger partial charge is 0.261 e. The Morgan fingerprint density at radius 2 is 1.71 bits per heavy atom. The van der Waals surface area contributed by atoms with Crippen molar-refractivity contribution in [2.75, 3.05) is 5.32 Å². The number of amides is 1. The third kappa shape index (κ3) is 3.08. The molecule has 0 aliphatic rings. The van der Waals surface area contributed by atoms with Crippen LogP contribution in [-0.2, 0) is 0 Å². The third-order valence-electron chi connectivity index (χ3n) is 3.45. The highest BCUT2D eigenvalue weighted by molar-refractivity contribution is 6.08. The number of anilines is 1. The Morgan fingerprint density at radius 1 is 0.958 bits per heavy atom. The van der Waals surface area contributed by atoms with E-state index in [9.17, 15) is 18.4 Å². The van der Waals surface area contributed by atoms with Gasteiger partial charge in [0.1, 0.15) is 5.56 Å². The van der Waals surface area contributed by atoms with Crippen molar-refractivity contribution >= 4 is 11.6 Å². The summed E-state index contributed by atoms with van der Waals surface area (Å²) >= 11 is 0. The molecule has 0 fully saturated rings. The van der Waals surface area contributed by atoms with E-state index in [0.29, 0.717) is 11.1 Å². The highest BCUT2D eigenvalue weighted by Gasteiger charge is 2.17. The number of halogens is 2. The van der Waals surface area contributed by atoms with Gasteiger partial charge in [-0.3, -0.25) is 9.59 Å². The maximum atomic E-state index is 13.3. The van der Waals surface area contributed by atoms with Crippen LogP contribution in [-0.4, -0.2) is 10.9 Å². The number of carbonyl (C=O) groups excluding carboxylic acids is 1. The zero-order chi connectivity index (χ0) is 17.1. The maximum Gasteiger partial charge on any atom is 0.261 e. The molecule has 0 aliphatic carbocycles. The first-order valence-electron chi connectivity index (χ1n) is 7.10. The predicted octanol–water partition coefficient (Wildman–Crippen LogP) is 3.57. The summed E-state index contributed by atoms with van der Waals surface area (Å²) < 4.78 is 26.2. The molecule has 0 saturated carbocycles. The number of carbonyl (C=O) groups is 1. The number of aromatic amines is 1. The second kappa shape index (κ2) is 6.45. The van der Waals surface area contributed by atoms with Gasteiger partial charge in [0.05, 0.1) is 0 Å². The lowest BCUT2D eigenvalue weighted by Crippen LogP contribution is -2.24. The molecule has 24 heavy (non-hydrogen) atoms. The molecule has 2 aromatic carbocycles. The fraction of sp³-hybridized carbons (Fsp3) is 0.